The Labute approximate surface area is 75.6 Å². The molecule has 0 bridgehead atoms. The van der Waals surface area contributed by atoms with E-state index in [2.05, 4.69) is 23.7 Å². The van der Waals surface area contributed by atoms with E-state index in [1.165, 1.54) is 11.3 Å². The second-order valence-corrected chi connectivity index (χ2v) is 3.56. The number of allylic oxidation sites excluding steroid dienone is 1. The van der Waals surface area contributed by atoms with Crippen molar-refractivity contribution < 1.29 is 0 Å². The van der Waals surface area contributed by atoms with E-state index in [0.717, 1.165) is 17.1 Å². The van der Waals surface area contributed by atoms with Gasteiger partial charge in [0.1, 0.15) is 0 Å². The molecule has 0 spiro atoms. The molecule has 0 unspecified atom stereocenters. The number of nitrogens with two attached hydrogens (primary N) is 1. The zero-order chi connectivity index (χ0) is 8.10. The van der Waals surface area contributed by atoms with Gasteiger partial charge in [0.15, 0.2) is 5.13 Å². The lowest BCUT2D eigenvalue weighted by molar-refractivity contribution is 1.26. The van der Waals surface area contributed by atoms with Crippen molar-refractivity contribution in [3.05, 3.63) is 17.2 Å². The Morgan fingerprint density at radius 1 is 1.73 bits per heavy atom. The summed E-state index contributed by atoms with van der Waals surface area (Å²) >= 11 is 5.58. The van der Waals surface area contributed by atoms with Crippen molar-refractivity contribution >= 4 is 35.2 Å². The summed E-state index contributed by atoms with van der Waals surface area (Å²) in [7, 11) is 0. The van der Waals surface area contributed by atoms with Crippen molar-refractivity contribution in [3.63, 3.8) is 0 Å². The van der Waals surface area contributed by atoms with Gasteiger partial charge >= 0.3 is 0 Å². The van der Waals surface area contributed by atoms with Crippen LogP contribution in [0.2, 0.25) is 0 Å². The predicted molar refractivity (Wildman–Crippen MR) is 54.0 cm³/mol. The first kappa shape index (κ1) is 8.62. The minimum absolute atomic E-state index is 0.621. The maximum Gasteiger partial charge on any atom is 0.180 e. The Morgan fingerprint density at radius 3 is 3.09 bits per heavy atom. The average Bonchev–Trinajstić information content (AvgIpc) is 2.37. The fourth-order valence-electron chi connectivity index (χ4n) is 0.652. The lowest BCUT2D eigenvalue weighted by Gasteiger charge is -1.82. The van der Waals surface area contributed by atoms with Gasteiger partial charge in [-0.05, 0) is 18.2 Å². The Hall–Kier alpha value is -0.480. The molecule has 1 rings (SSSR count). The summed E-state index contributed by atoms with van der Waals surface area (Å²) < 4.78 is 0. The van der Waals surface area contributed by atoms with E-state index in [0.29, 0.717) is 5.13 Å². The van der Waals surface area contributed by atoms with Crippen LogP contribution in [-0.2, 0) is 0 Å². The highest BCUT2D eigenvalue weighted by Gasteiger charge is 1.91. The second kappa shape index (κ2) is 4.41. The summed E-state index contributed by atoms with van der Waals surface area (Å²) in [5, 5.41) is 0.621. The molecule has 0 fully saturated rings. The van der Waals surface area contributed by atoms with Crippen molar-refractivity contribution in [2.75, 3.05) is 11.5 Å². The molecule has 11 heavy (non-hydrogen) atoms. The number of hydrogen-bond donors (Lipinski definition) is 2. The molecule has 2 nitrogen and oxygen atoms in total. The molecule has 0 amide bonds. The third-order valence-corrected chi connectivity index (χ3v) is 2.17. The molecule has 0 aliphatic carbocycles. The van der Waals surface area contributed by atoms with Crippen molar-refractivity contribution in [2.45, 2.75) is 6.42 Å². The Morgan fingerprint density at radius 2 is 2.55 bits per heavy atom. The van der Waals surface area contributed by atoms with Gasteiger partial charge in [0, 0.05) is 11.1 Å². The van der Waals surface area contributed by atoms with Gasteiger partial charge in [-0.3, -0.25) is 0 Å². The van der Waals surface area contributed by atoms with Crippen LogP contribution in [0.1, 0.15) is 11.3 Å². The number of thiol groups is 1. The number of thiazole rings is 1. The average molecular weight is 186 g/mol. The van der Waals surface area contributed by atoms with Crippen LogP contribution in [0.3, 0.4) is 0 Å². The van der Waals surface area contributed by atoms with Crippen molar-refractivity contribution in [1.29, 1.82) is 0 Å². The molecular formula is C7H10N2S2. The fourth-order valence-corrected chi connectivity index (χ4v) is 1.42. The minimum atomic E-state index is 0.621. The normalized spacial score (nSPS) is 11.0. The third kappa shape index (κ3) is 2.95. The molecule has 0 atom stereocenters. The summed E-state index contributed by atoms with van der Waals surface area (Å²) in [5.74, 6) is 0.880. The van der Waals surface area contributed by atoms with Gasteiger partial charge in [0.25, 0.3) is 0 Å². The summed E-state index contributed by atoms with van der Waals surface area (Å²) in [6, 6.07) is 0. The Kier molecular flexibility index (Phi) is 3.45. The highest BCUT2D eigenvalue weighted by molar-refractivity contribution is 7.80. The molecule has 1 aromatic rings. The van der Waals surface area contributed by atoms with Crippen LogP contribution in [0.15, 0.2) is 12.3 Å². The molecule has 0 saturated heterocycles. The summed E-state index contributed by atoms with van der Waals surface area (Å²) in [4.78, 5) is 5.02. The molecule has 60 valence electrons. The lowest BCUT2D eigenvalue weighted by Crippen LogP contribution is -1.77. The zero-order valence-corrected chi connectivity index (χ0v) is 7.74. The topological polar surface area (TPSA) is 38.9 Å². The molecular weight excluding hydrogens is 176 g/mol. The summed E-state index contributed by atoms with van der Waals surface area (Å²) in [6.45, 7) is 0. The van der Waals surface area contributed by atoms with Crippen molar-refractivity contribution in [2.24, 2.45) is 0 Å². The smallest absolute Gasteiger partial charge is 0.180 e. The lowest BCUT2D eigenvalue weighted by atomic mass is 10.4. The van der Waals surface area contributed by atoms with Crippen LogP contribution in [0, 0.1) is 0 Å². The standard InChI is InChI=1S/C7H10N2S2/c8-7-9-5-6(11-7)3-1-2-4-10/h1,3,5,10H,2,4H2,(H2,8,9). The van der Waals surface area contributed by atoms with Gasteiger partial charge in [-0.25, -0.2) is 4.98 Å². The zero-order valence-electron chi connectivity index (χ0n) is 6.03. The molecule has 0 saturated carbocycles. The summed E-state index contributed by atoms with van der Waals surface area (Å²) in [5.41, 5.74) is 5.44. The first-order valence-corrected chi connectivity index (χ1v) is 4.76. The van der Waals surface area contributed by atoms with E-state index in [-0.39, 0.29) is 0 Å². The number of rotatable bonds is 3. The molecule has 4 heteroatoms. The molecule has 1 aromatic heterocycles. The maximum absolute atomic E-state index is 5.44. The van der Waals surface area contributed by atoms with Crippen LogP contribution >= 0.6 is 24.0 Å². The van der Waals surface area contributed by atoms with Crippen LogP contribution in [-0.4, -0.2) is 10.7 Å². The fraction of sp³-hybridized carbons (Fsp3) is 0.286. The second-order valence-electron chi connectivity index (χ2n) is 2.02. The monoisotopic (exact) mass is 186 g/mol. The van der Waals surface area contributed by atoms with Crippen molar-refractivity contribution in [1.82, 2.24) is 4.98 Å². The van der Waals surface area contributed by atoms with Gasteiger partial charge in [-0.15, -0.1) is 0 Å². The number of nitrogen functional groups attached to an aromatic ring is 1. The summed E-state index contributed by atoms with van der Waals surface area (Å²) in [6.07, 6.45) is 6.85. The van der Waals surface area contributed by atoms with E-state index in [1.807, 2.05) is 6.08 Å². The molecule has 2 N–H and O–H groups in total. The SMILES string of the molecule is Nc1ncc(C=CCCS)s1. The quantitative estimate of drug-likeness (QED) is 0.709. The number of anilines is 1. The number of nitrogens with zero attached hydrogens (tertiary/aromatic N) is 1. The largest absolute Gasteiger partial charge is 0.375 e. The van der Waals surface area contributed by atoms with Gasteiger partial charge in [0.2, 0.25) is 0 Å². The number of aromatic nitrogens is 1. The van der Waals surface area contributed by atoms with E-state index in [4.69, 9.17) is 5.73 Å². The van der Waals surface area contributed by atoms with E-state index in [1.54, 1.807) is 6.20 Å². The van der Waals surface area contributed by atoms with Gasteiger partial charge < -0.3 is 5.73 Å². The predicted octanol–water partition coefficient (Wildman–Crippen LogP) is 2.06. The van der Waals surface area contributed by atoms with Gasteiger partial charge in [0.05, 0.1) is 0 Å². The van der Waals surface area contributed by atoms with Crippen molar-refractivity contribution in [3.8, 4) is 0 Å². The first-order valence-electron chi connectivity index (χ1n) is 3.31. The van der Waals surface area contributed by atoms with E-state index >= 15 is 0 Å². The first-order chi connectivity index (χ1) is 5.33. The van der Waals surface area contributed by atoms with Gasteiger partial charge in [-0.2, -0.15) is 12.6 Å². The highest BCUT2D eigenvalue weighted by atomic mass is 32.1. The van der Waals surface area contributed by atoms with Crippen LogP contribution in [0.5, 0.6) is 0 Å². The van der Waals surface area contributed by atoms with Crippen LogP contribution < -0.4 is 5.73 Å². The Balaban J connectivity index is 2.50. The molecule has 0 aliphatic heterocycles. The number of hydrogen-bond acceptors (Lipinski definition) is 4. The minimum Gasteiger partial charge on any atom is -0.375 e. The Bertz CT molecular complexity index is 242. The van der Waals surface area contributed by atoms with Gasteiger partial charge in [-0.1, -0.05) is 17.4 Å². The van der Waals surface area contributed by atoms with E-state index in [9.17, 15) is 0 Å². The maximum atomic E-state index is 5.44. The molecule has 0 radical (unpaired) electrons. The molecule has 0 aromatic carbocycles. The van der Waals surface area contributed by atoms with E-state index < -0.39 is 0 Å². The van der Waals surface area contributed by atoms with Crippen LogP contribution in [0.25, 0.3) is 6.08 Å². The third-order valence-electron chi connectivity index (χ3n) is 1.12. The highest BCUT2D eigenvalue weighted by Crippen LogP contribution is 2.15. The molecule has 0 aliphatic rings. The van der Waals surface area contributed by atoms with Crippen LogP contribution in [0.4, 0.5) is 5.13 Å². The molecule has 1 heterocycles.